The van der Waals surface area contributed by atoms with Crippen molar-refractivity contribution >= 4 is 5.91 Å². The first kappa shape index (κ1) is 15.7. The number of carbonyl (C=O) groups excluding carboxylic acids is 1. The number of furan rings is 1. The molecule has 1 rings (SSSR count). The first-order chi connectivity index (χ1) is 9.13. The molecule has 5 heteroatoms. The van der Waals surface area contributed by atoms with Crippen molar-refractivity contribution in [3.05, 3.63) is 24.2 Å². The highest BCUT2D eigenvalue weighted by Crippen LogP contribution is 2.25. The maximum atomic E-state index is 11.7. The summed E-state index contributed by atoms with van der Waals surface area (Å²) in [6.45, 7) is 5.29. The topological polar surface area (TPSA) is 71.5 Å². The molecule has 0 saturated carbocycles. The molecule has 5 nitrogen and oxygen atoms in total. The standard InChI is InChI=1S/C14H25N3O2/c1-4-8-17(10-13(18)16-3)14(11(15)5-2)12-7-6-9-19-12/h6-7,9,11,14H,4-5,8,10,15H2,1-3H3,(H,16,18). The van der Waals surface area contributed by atoms with E-state index < -0.39 is 0 Å². The summed E-state index contributed by atoms with van der Waals surface area (Å²) in [6.07, 6.45) is 3.44. The third-order valence-corrected chi connectivity index (χ3v) is 3.24. The van der Waals surface area contributed by atoms with Crippen LogP contribution in [0.4, 0.5) is 0 Å². The molecule has 2 atom stereocenters. The van der Waals surface area contributed by atoms with Crippen LogP contribution in [-0.2, 0) is 4.79 Å². The van der Waals surface area contributed by atoms with Crippen LogP contribution in [0.2, 0.25) is 0 Å². The van der Waals surface area contributed by atoms with E-state index in [-0.39, 0.29) is 18.0 Å². The minimum Gasteiger partial charge on any atom is -0.468 e. The molecule has 19 heavy (non-hydrogen) atoms. The molecule has 108 valence electrons. The van der Waals surface area contributed by atoms with Crippen molar-refractivity contribution in [2.45, 2.75) is 38.8 Å². The van der Waals surface area contributed by atoms with Crippen LogP contribution >= 0.6 is 0 Å². The van der Waals surface area contributed by atoms with Crippen LogP contribution in [0.15, 0.2) is 22.8 Å². The van der Waals surface area contributed by atoms with E-state index in [1.807, 2.05) is 19.1 Å². The third kappa shape index (κ3) is 4.36. The molecule has 0 aromatic carbocycles. The molecular formula is C14H25N3O2. The lowest BCUT2D eigenvalue weighted by molar-refractivity contribution is -0.122. The minimum absolute atomic E-state index is 0.00620. The van der Waals surface area contributed by atoms with Crippen molar-refractivity contribution < 1.29 is 9.21 Å². The Morgan fingerprint density at radius 1 is 1.53 bits per heavy atom. The molecule has 1 amide bonds. The fourth-order valence-electron chi connectivity index (χ4n) is 2.21. The fourth-order valence-corrected chi connectivity index (χ4v) is 2.21. The fraction of sp³-hybridized carbons (Fsp3) is 0.643. The summed E-state index contributed by atoms with van der Waals surface area (Å²) in [5, 5.41) is 2.66. The number of nitrogens with two attached hydrogens (primary N) is 1. The normalized spacial score (nSPS) is 14.4. The first-order valence-electron chi connectivity index (χ1n) is 6.87. The van der Waals surface area contributed by atoms with Gasteiger partial charge in [-0.2, -0.15) is 0 Å². The molecule has 0 spiro atoms. The average molecular weight is 267 g/mol. The van der Waals surface area contributed by atoms with E-state index in [2.05, 4.69) is 17.1 Å². The molecule has 0 aliphatic rings. The summed E-state index contributed by atoms with van der Waals surface area (Å²) in [5.41, 5.74) is 6.22. The Bertz CT molecular complexity index is 365. The van der Waals surface area contributed by atoms with Gasteiger partial charge in [0.15, 0.2) is 0 Å². The van der Waals surface area contributed by atoms with Crippen LogP contribution in [0.25, 0.3) is 0 Å². The molecule has 0 bridgehead atoms. The van der Waals surface area contributed by atoms with Crippen LogP contribution in [0.5, 0.6) is 0 Å². The summed E-state index contributed by atoms with van der Waals surface area (Å²) in [5.74, 6) is 0.819. The number of amides is 1. The number of likely N-dealkylation sites (N-methyl/N-ethyl adjacent to an activating group) is 1. The predicted molar refractivity (Wildman–Crippen MR) is 75.6 cm³/mol. The molecule has 0 saturated heterocycles. The quantitative estimate of drug-likeness (QED) is 0.749. The summed E-state index contributed by atoms with van der Waals surface area (Å²) < 4.78 is 5.51. The first-order valence-corrected chi connectivity index (χ1v) is 6.87. The maximum Gasteiger partial charge on any atom is 0.233 e. The van der Waals surface area contributed by atoms with Crippen molar-refractivity contribution in [2.75, 3.05) is 20.1 Å². The van der Waals surface area contributed by atoms with Gasteiger partial charge in [0, 0.05) is 13.1 Å². The molecule has 1 aromatic heterocycles. The molecule has 2 unspecified atom stereocenters. The average Bonchev–Trinajstić information content (AvgIpc) is 2.92. The van der Waals surface area contributed by atoms with Crippen LogP contribution in [0.3, 0.4) is 0 Å². The van der Waals surface area contributed by atoms with Gasteiger partial charge in [0.25, 0.3) is 0 Å². The highest BCUT2D eigenvalue weighted by Gasteiger charge is 2.28. The number of nitrogens with one attached hydrogen (secondary N) is 1. The lowest BCUT2D eigenvalue weighted by Crippen LogP contribution is -2.45. The van der Waals surface area contributed by atoms with Gasteiger partial charge >= 0.3 is 0 Å². The van der Waals surface area contributed by atoms with E-state index in [1.165, 1.54) is 0 Å². The second-order valence-corrected chi connectivity index (χ2v) is 4.68. The Labute approximate surface area is 115 Å². The summed E-state index contributed by atoms with van der Waals surface area (Å²) in [4.78, 5) is 13.7. The molecule has 3 N–H and O–H groups in total. The van der Waals surface area contributed by atoms with E-state index >= 15 is 0 Å². The number of nitrogens with zero attached hydrogens (tertiary/aromatic N) is 1. The highest BCUT2D eigenvalue weighted by molar-refractivity contribution is 5.77. The van der Waals surface area contributed by atoms with E-state index in [0.717, 1.165) is 25.1 Å². The van der Waals surface area contributed by atoms with E-state index in [1.54, 1.807) is 13.3 Å². The Kier molecular flexibility index (Phi) is 6.59. The smallest absolute Gasteiger partial charge is 0.233 e. The Balaban J connectivity index is 2.93. The number of hydrogen-bond donors (Lipinski definition) is 2. The molecule has 0 aliphatic carbocycles. The van der Waals surface area contributed by atoms with Gasteiger partial charge in [-0.3, -0.25) is 9.69 Å². The molecule has 0 fully saturated rings. The second-order valence-electron chi connectivity index (χ2n) is 4.68. The van der Waals surface area contributed by atoms with Gasteiger partial charge in [0.2, 0.25) is 5.91 Å². The van der Waals surface area contributed by atoms with Crippen molar-refractivity contribution in [3.63, 3.8) is 0 Å². The molecule has 1 heterocycles. The Hall–Kier alpha value is -1.33. The van der Waals surface area contributed by atoms with Crippen LogP contribution in [0.1, 0.15) is 38.5 Å². The summed E-state index contributed by atoms with van der Waals surface area (Å²) in [7, 11) is 1.65. The van der Waals surface area contributed by atoms with Gasteiger partial charge < -0.3 is 15.5 Å². The van der Waals surface area contributed by atoms with E-state index in [9.17, 15) is 4.79 Å². The number of hydrogen-bond acceptors (Lipinski definition) is 4. The largest absolute Gasteiger partial charge is 0.468 e. The van der Waals surface area contributed by atoms with Gasteiger partial charge in [0.05, 0.1) is 18.8 Å². The minimum atomic E-state index is -0.0581. The zero-order chi connectivity index (χ0) is 14.3. The Morgan fingerprint density at radius 2 is 2.26 bits per heavy atom. The van der Waals surface area contributed by atoms with Crippen molar-refractivity contribution in [1.82, 2.24) is 10.2 Å². The van der Waals surface area contributed by atoms with Crippen LogP contribution in [-0.4, -0.2) is 37.0 Å². The van der Waals surface area contributed by atoms with Crippen LogP contribution in [0, 0.1) is 0 Å². The second kappa shape index (κ2) is 7.96. The Morgan fingerprint density at radius 3 is 2.74 bits per heavy atom. The van der Waals surface area contributed by atoms with E-state index in [4.69, 9.17) is 10.2 Å². The van der Waals surface area contributed by atoms with Crippen molar-refractivity contribution in [3.8, 4) is 0 Å². The van der Waals surface area contributed by atoms with Crippen molar-refractivity contribution in [2.24, 2.45) is 5.73 Å². The van der Waals surface area contributed by atoms with E-state index in [0.29, 0.717) is 6.54 Å². The molecule has 0 radical (unpaired) electrons. The van der Waals surface area contributed by atoms with Gasteiger partial charge in [-0.05, 0) is 31.5 Å². The predicted octanol–water partition coefficient (Wildman–Crippen LogP) is 1.52. The highest BCUT2D eigenvalue weighted by atomic mass is 16.3. The third-order valence-electron chi connectivity index (χ3n) is 3.24. The maximum absolute atomic E-state index is 11.7. The zero-order valence-electron chi connectivity index (χ0n) is 12.1. The molecule has 0 aliphatic heterocycles. The van der Waals surface area contributed by atoms with Crippen LogP contribution < -0.4 is 11.1 Å². The van der Waals surface area contributed by atoms with Crippen molar-refractivity contribution in [1.29, 1.82) is 0 Å². The summed E-state index contributed by atoms with van der Waals surface area (Å²) in [6, 6.07) is 3.67. The monoisotopic (exact) mass is 267 g/mol. The lowest BCUT2D eigenvalue weighted by Gasteiger charge is -2.33. The van der Waals surface area contributed by atoms with Gasteiger partial charge in [0.1, 0.15) is 5.76 Å². The molecular weight excluding hydrogens is 242 g/mol. The van der Waals surface area contributed by atoms with Gasteiger partial charge in [-0.25, -0.2) is 0 Å². The number of rotatable bonds is 8. The SMILES string of the molecule is CCCN(CC(=O)NC)C(c1ccco1)C(N)CC. The van der Waals surface area contributed by atoms with Gasteiger partial charge in [-0.15, -0.1) is 0 Å². The zero-order valence-corrected chi connectivity index (χ0v) is 12.1. The lowest BCUT2D eigenvalue weighted by atomic mass is 10.0. The number of carbonyl (C=O) groups is 1. The van der Waals surface area contributed by atoms with Gasteiger partial charge in [-0.1, -0.05) is 13.8 Å². The summed E-state index contributed by atoms with van der Waals surface area (Å²) >= 11 is 0. The molecule has 1 aromatic rings.